The molecule has 1 aromatic rings. The molecule has 3 rings (SSSR count). The lowest BCUT2D eigenvalue weighted by Crippen LogP contribution is -2.51. The highest BCUT2D eigenvalue weighted by molar-refractivity contribution is 9.10. The average Bonchev–Trinajstić information content (AvgIpc) is 2.95. The summed E-state index contributed by atoms with van der Waals surface area (Å²) < 4.78 is 25.3. The molecule has 7 nitrogen and oxygen atoms in total. The zero-order valence-corrected chi connectivity index (χ0v) is 16.3. The fourth-order valence-corrected chi connectivity index (χ4v) is 4.60. The molecule has 2 aliphatic rings. The Morgan fingerprint density at radius 2 is 1.80 bits per heavy atom. The molecule has 1 unspecified atom stereocenters. The largest absolute Gasteiger partial charge is 0.340 e. The molecule has 0 radical (unpaired) electrons. The van der Waals surface area contributed by atoms with E-state index in [1.165, 1.54) is 10.6 Å². The predicted molar refractivity (Wildman–Crippen MR) is 97.6 cm³/mol. The molecule has 2 heterocycles. The lowest BCUT2D eigenvalue weighted by molar-refractivity contribution is -0.136. The van der Waals surface area contributed by atoms with Crippen LogP contribution >= 0.6 is 15.9 Å². The summed E-state index contributed by atoms with van der Waals surface area (Å²) in [5, 5.41) is 0. The Bertz CT molecular complexity index is 790. The van der Waals surface area contributed by atoms with Gasteiger partial charge in [-0.2, -0.15) is 4.31 Å². The second-order valence-electron chi connectivity index (χ2n) is 6.34. The number of anilines is 1. The molecule has 25 heavy (non-hydrogen) atoms. The highest BCUT2D eigenvalue weighted by atomic mass is 79.9. The number of nitrogens with zero attached hydrogens (tertiary/aromatic N) is 3. The van der Waals surface area contributed by atoms with E-state index in [2.05, 4.69) is 15.9 Å². The van der Waals surface area contributed by atoms with Gasteiger partial charge in [0, 0.05) is 43.6 Å². The molecule has 1 aromatic carbocycles. The first-order valence-corrected chi connectivity index (χ1v) is 10.7. The van der Waals surface area contributed by atoms with Gasteiger partial charge in [0.1, 0.15) is 0 Å². The van der Waals surface area contributed by atoms with E-state index in [0.29, 0.717) is 32.7 Å². The molecule has 0 spiro atoms. The maximum absolute atomic E-state index is 12.7. The van der Waals surface area contributed by atoms with Crippen molar-refractivity contribution >= 4 is 43.5 Å². The van der Waals surface area contributed by atoms with Crippen LogP contribution in [0.5, 0.6) is 0 Å². The molecule has 136 valence electrons. The normalized spacial score (nSPS) is 22.5. The van der Waals surface area contributed by atoms with Gasteiger partial charge in [0.25, 0.3) is 0 Å². The second kappa shape index (κ2) is 7.05. The van der Waals surface area contributed by atoms with Crippen LogP contribution in [0.15, 0.2) is 28.7 Å². The van der Waals surface area contributed by atoms with E-state index in [4.69, 9.17) is 0 Å². The van der Waals surface area contributed by atoms with Gasteiger partial charge < -0.3 is 9.80 Å². The van der Waals surface area contributed by atoms with E-state index in [9.17, 15) is 18.0 Å². The second-order valence-corrected chi connectivity index (χ2v) is 9.18. The summed E-state index contributed by atoms with van der Waals surface area (Å²) in [6, 6.07) is 7.44. The number of benzene rings is 1. The monoisotopic (exact) mass is 429 g/mol. The number of halogens is 1. The van der Waals surface area contributed by atoms with Gasteiger partial charge in [0.2, 0.25) is 21.8 Å². The summed E-state index contributed by atoms with van der Waals surface area (Å²) in [5.74, 6) is -0.527. The maximum Gasteiger partial charge on any atom is 0.228 e. The van der Waals surface area contributed by atoms with E-state index in [1.807, 2.05) is 24.3 Å². The van der Waals surface area contributed by atoms with Crippen molar-refractivity contribution in [3.8, 4) is 0 Å². The number of hydrogen-bond acceptors (Lipinski definition) is 4. The van der Waals surface area contributed by atoms with E-state index in [1.54, 1.807) is 9.80 Å². The van der Waals surface area contributed by atoms with E-state index >= 15 is 0 Å². The van der Waals surface area contributed by atoms with Gasteiger partial charge in [-0.3, -0.25) is 9.59 Å². The van der Waals surface area contributed by atoms with Gasteiger partial charge in [-0.25, -0.2) is 8.42 Å². The fraction of sp³-hybridized carbons (Fsp3) is 0.500. The number of sulfonamides is 1. The molecule has 2 amide bonds. The van der Waals surface area contributed by atoms with Crippen LogP contribution in [0.3, 0.4) is 0 Å². The quantitative estimate of drug-likeness (QED) is 0.714. The molecule has 2 fully saturated rings. The van der Waals surface area contributed by atoms with Crippen LogP contribution in [0.1, 0.15) is 6.42 Å². The van der Waals surface area contributed by atoms with Crippen LogP contribution in [0.25, 0.3) is 0 Å². The van der Waals surface area contributed by atoms with Gasteiger partial charge in [0.15, 0.2) is 0 Å². The van der Waals surface area contributed by atoms with Crippen molar-refractivity contribution in [1.82, 2.24) is 9.21 Å². The Morgan fingerprint density at radius 1 is 1.16 bits per heavy atom. The smallest absolute Gasteiger partial charge is 0.228 e. The Balaban J connectivity index is 1.65. The highest BCUT2D eigenvalue weighted by Crippen LogP contribution is 2.32. The van der Waals surface area contributed by atoms with E-state index < -0.39 is 10.0 Å². The Kier molecular flexibility index (Phi) is 5.17. The van der Waals surface area contributed by atoms with Crippen molar-refractivity contribution in [1.29, 1.82) is 0 Å². The standard InChI is InChI=1S/C16H20BrN3O4S/c1-25(23,24)19-8-6-18(7-9-19)16(22)12-10-15(21)20(11-12)14-5-3-2-4-13(14)17/h2-5,12H,6-11H2,1H3. The number of carbonyl (C=O) groups excluding carboxylic acids is 2. The third kappa shape index (κ3) is 3.88. The van der Waals surface area contributed by atoms with Crippen molar-refractivity contribution in [3.63, 3.8) is 0 Å². The third-order valence-corrected chi connectivity index (χ3v) is 6.61. The Morgan fingerprint density at radius 3 is 2.40 bits per heavy atom. The van der Waals surface area contributed by atoms with Crippen LogP contribution < -0.4 is 4.90 Å². The Labute approximate surface area is 155 Å². The van der Waals surface area contributed by atoms with Crippen LogP contribution in [0.4, 0.5) is 5.69 Å². The molecule has 0 N–H and O–H groups in total. The minimum absolute atomic E-state index is 0.0694. The minimum atomic E-state index is -3.22. The van der Waals surface area contributed by atoms with Crippen LogP contribution in [-0.4, -0.2) is 68.4 Å². The summed E-state index contributed by atoms with van der Waals surface area (Å²) in [5.41, 5.74) is 0.768. The first-order chi connectivity index (χ1) is 11.8. The summed E-state index contributed by atoms with van der Waals surface area (Å²) in [7, 11) is -3.22. The first-order valence-electron chi connectivity index (χ1n) is 8.06. The molecule has 0 aliphatic carbocycles. The van der Waals surface area contributed by atoms with Gasteiger partial charge in [0.05, 0.1) is 17.9 Å². The summed E-state index contributed by atoms with van der Waals surface area (Å²) in [6.07, 6.45) is 1.36. The van der Waals surface area contributed by atoms with Gasteiger partial charge in [-0.05, 0) is 28.1 Å². The molecule has 9 heteroatoms. The van der Waals surface area contributed by atoms with Crippen molar-refractivity contribution in [2.45, 2.75) is 6.42 Å². The molecule has 2 aliphatic heterocycles. The van der Waals surface area contributed by atoms with E-state index in [-0.39, 0.29) is 24.2 Å². The van der Waals surface area contributed by atoms with Crippen molar-refractivity contribution in [2.75, 3.05) is 43.9 Å². The van der Waals surface area contributed by atoms with E-state index in [0.717, 1.165) is 10.2 Å². The Hall–Kier alpha value is -1.45. The van der Waals surface area contributed by atoms with Crippen molar-refractivity contribution in [3.05, 3.63) is 28.7 Å². The topological polar surface area (TPSA) is 78.0 Å². The van der Waals surface area contributed by atoms with Gasteiger partial charge >= 0.3 is 0 Å². The minimum Gasteiger partial charge on any atom is -0.340 e. The molecule has 0 bridgehead atoms. The van der Waals surface area contributed by atoms with Gasteiger partial charge in [-0.15, -0.1) is 0 Å². The summed E-state index contributed by atoms with van der Waals surface area (Å²) in [6.45, 7) is 1.70. The number of para-hydroxylation sites is 1. The number of rotatable bonds is 3. The zero-order chi connectivity index (χ0) is 18.2. The average molecular weight is 430 g/mol. The summed E-state index contributed by atoms with van der Waals surface area (Å²) in [4.78, 5) is 28.4. The molecule has 1 atom stereocenters. The molecule has 2 saturated heterocycles. The van der Waals surface area contributed by atoms with Crippen LogP contribution in [0.2, 0.25) is 0 Å². The highest BCUT2D eigenvalue weighted by Gasteiger charge is 2.38. The maximum atomic E-state index is 12.7. The van der Waals surface area contributed by atoms with Crippen LogP contribution in [-0.2, 0) is 19.6 Å². The molecule has 0 saturated carbocycles. The van der Waals surface area contributed by atoms with Crippen molar-refractivity contribution in [2.24, 2.45) is 5.92 Å². The van der Waals surface area contributed by atoms with Crippen LogP contribution in [0, 0.1) is 5.92 Å². The van der Waals surface area contributed by atoms with Crippen molar-refractivity contribution < 1.29 is 18.0 Å². The summed E-state index contributed by atoms with van der Waals surface area (Å²) >= 11 is 3.44. The molecular formula is C16H20BrN3O4S. The zero-order valence-electron chi connectivity index (χ0n) is 13.9. The number of amides is 2. The molecular weight excluding hydrogens is 410 g/mol. The third-order valence-electron chi connectivity index (χ3n) is 4.64. The fourth-order valence-electron chi connectivity index (χ4n) is 3.27. The SMILES string of the molecule is CS(=O)(=O)N1CCN(C(=O)C2CC(=O)N(c3ccccc3Br)C2)CC1. The number of piperazine rings is 1. The number of carbonyl (C=O) groups is 2. The predicted octanol–water partition coefficient (Wildman–Crippen LogP) is 0.906. The lowest BCUT2D eigenvalue weighted by atomic mass is 10.1. The number of hydrogen-bond donors (Lipinski definition) is 0. The lowest BCUT2D eigenvalue weighted by Gasteiger charge is -2.34. The molecule has 0 aromatic heterocycles. The van der Waals surface area contributed by atoms with Gasteiger partial charge in [-0.1, -0.05) is 12.1 Å². The first kappa shape index (κ1) is 18.3.